The van der Waals surface area contributed by atoms with Gasteiger partial charge in [-0.05, 0) is 49.2 Å². The van der Waals surface area contributed by atoms with Crippen molar-refractivity contribution < 1.29 is 19.0 Å². The molecule has 1 N–H and O–H groups in total. The Morgan fingerprint density at radius 3 is 2.69 bits per heavy atom. The van der Waals surface area contributed by atoms with E-state index < -0.39 is 0 Å². The van der Waals surface area contributed by atoms with Crippen molar-refractivity contribution in [3.63, 3.8) is 0 Å². The van der Waals surface area contributed by atoms with E-state index in [1.165, 1.54) is 11.8 Å². The highest BCUT2D eigenvalue weighted by Gasteiger charge is 2.18. The number of hydrogen-bond donors (Lipinski definition) is 1. The van der Waals surface area contributed by atoms with Crippen LogP contribution in [0.25, 0.3) is 16.6 Å². The van der Waals surface area contributed by atoms with Crippen LogP contribution in [0.2, 0.25) is 0 Å². The Morgan fingerprint density at radius 1 is 1.12 bits per heavy atom. The zero-order chi connectivity index (χ0) is 22.2. The molecule has 0 aliphatic carbocycles. The van der Waals surface area contributed by atoms with Crippen molar-refractivity contribution in [2.75, 3.05) is 31.4 Å². The highest BCUT2D eigenvalue weighted by molar-refractivity contribution is 7.99. The smallest absolute Gasteiger partial charge is 0.234 e. The molecule has 4 aromatic rings. The number of nitrogens with zero attached hydrogens (tertiary/aromatic N) is 3. The van der Waals surface area contributed by atoms with Gasteiger partial charge < -0.3 is 19.5 Å². The fourth-order valence-corrected chi connectivity index (χ4v) is 4.52. The Balaban J connectivity index is 1.44. The molecule has 9 heteroatoms. The van der Waals surface area contributed by atoms with Crippen molar-refractivity contribution in [3.8, 4) is 17.2 Å². The van der Waals surface area contributed by atoms with E-state index in [1.54, 1.807) is 7.11 Å². The van der Waals surface area contributed by atoms with Gasteiger partial charge in [-0.1, -0.05) is 17.8 Å². The van der Waals surface area contributed by atoms with Crippen LogP contribution in [-0.2, 0) is 4.79 Å². The number of rotatable bonds is 5. The SMILES string of the molecule is COc1ccc(C)cc1NC(=O)CSc1nnc2c(C)cc3cc4c(cc3n12)OCCO4. The number of anilines is 1. The average Bonchev–Trinajstić information content (AvgIpc) is 3.22. The Morgan fingerprint density at radius 2 is 1.91 bits per heavy atom. The predicted octanol–water partition coefficient (Wildman–Crippen LogP) is 4.01. The number of methoxy groups -OCH3 is 1. The number of carbonyl (C=O) groups excluding carboxylic acids is 1. The zero-order valence-electron chi connectivity index (χ0n) is 18.0. The van der Waals surface area contributed by atoms with Gasteiger partial charge in [-0.15, -0.1) is 10.2 Å². The maximum absolute atomic E-state index is 12.7. The monoisotopic (exact) mass is 450 g/mol. The van der Waals surface area contributed by atoms with Gasteiger partial charge in [0.15, 0.2) is 22.3 Å². The largest absolute Gasteiger partial charge is 0.495 e. The average molecular weight is 451 g/mol. The molecule has 1 amide bonds. The lowest BCUT2D eigenvalue weighted by Gasteiger charge is -2.19. The summed E-state index contributed by atoms with van der Waals surface area (Å²) in [6, 6.07) is 11.6. The van der Waals surface area contributed by atoms with E-state index in [9.17, 15) is 4.79 Å². The van der Waals surface area contributed by atoms with Gasteiger partial charge in [-0.3, -0.25) is 9.20 Å². The Bertz CT molecular complexity index is 1350. The quantitative estimate of drug-likeness (QED) is 0.460. The number of amides is 1. The predicted molar refractivity (Wildman–Crippen MR) is 123 cm³/mol. The van der Waals surface area contributed by atoms with Gasteiger partial charge in [-0.2, -0.15) is 0 Å². The van der Waals surface area contributed by atoms with Crippen molar-refractivity contribution in [3.05, 3.63) is 47.5 Å². The van der Waals surface area contributed by atoms with Crippen LogP contribution in [-0.4, -0.2) is 46.6 Å². The van der Waals surface area contributed by atoms with Crippen molar-refractivity contribution in [2.45, 2.75) is 19.0 Å². The van der Waals surface area contributed by atoms with Crippen molar-refractivity contribution in [1.82, 2.24) is 14.6 Å². The minimum Gasteiger partial charge on any atom is -0.495 e. The van der Waals surface area contributed by atoms with Gasteiger partial charge in [0.2, 0.25) is 5.91 Å². The minimum absolute atomic E-state index is 0.151. The molecule has 32 heavy (non-hydrogen) atoms. The summed E-state index contributed by atoms with van der Waals surface area (Å²) in [5.41, 5.74) is 4.32. The summed E-state index contributed by atoms with van der Waals surface area (Å²) < 4.78 is 18.8. The van der Waals surface area contributed by atoms with E-state index >= 15 is 0 Å². The topological polar surface area (TPSA) is 87.0 Å². The fraction of sp³-hybridized carbons (Fsp3) is 0.261. The van der Waals surface area contributed by atoms with Crippen LogP contribution in [0.1, 0.15) is 11.1 Å². The highest BCUT2D eigenvalue weighted by atomic mass is 32.2. The van der Waals surface area contributed by atoms with Crippen LogP contribution in [0.3, 0.4) is 0 Å². The molecule has 3 heterocycles. The normalized spacial score (nSPS) is 12.8. The Hall–Kier alpha value is -3.46. The molecule has 0 saturated carbocycles. The third-order valence-electron chi connectivity index (χ3n) is 5.25. The third kappa shape index (κ3) is 3.69. The summed E-state index contributed by atoms with van der Waals surface area (Å²) in [4.78, 5) is 12.7. The lowest BCUT2D eigenvalue weighted by Crippen LogP contribution is -2.15. The summed E-state index contributed by atoms with van der Waals surface area (Å²) in [5.74, 6) is 2.08. The summed E-state index contributed by atoms with van der Waals surface area (Å²) in [5, 5.41) is 13.2. The molecule has 5 rings (SSSR count). The number of hydrogen-bond acceptors (Lipinski definition) is 7. The second-order valence-electron chi connectivity index (χ2n) is 7.56. The molecule has 1 aliphatic heterocycles. The molecule has 164 valence electrons. The lowest BCUT2D eigenvalue weighted by atomic mass is 10.1. The first kappa shape index (κ1) is 20.4. The van der Waals surface area contributed by atoms with E-state index in [2.05, 4.69) is 21.6 Å². The second kappa shape index (κ2) is 8.23. The second-order valence-corrected chi connectivity index (χ2v) is 8.51. The zero-order valence-corrected chi connectivity index (χ0v) is 18.8. The van der Waals surface area contributed by atoms with Crippen LogP contribution in [0.4, 0.5) is 5.69 Å². The van der Waals surface area contributed by atoms with E-state index in [4.69, 9.17) is 14.2 Å². The number of carbonyl (C=O) groups is 1. The van der Waals surface area contributed by atoms with Crippen molar-refractivity contribution >= 4 is 39.9 Å². The molecule has 1 aliphatic rings. The van der Waals surface area contributed by atoms with Gasteiger partial charge in [-0.25, -0.2) is 0 Å². The third-order valence-corrected chi connectivity index (χ3v) is 6.18. The summed E-state index contributed by atoms with van der Waals surface area (Å²) >= 11 is 1.33. The molecule has 2 aromatic heterocycles. The molecule has 8 nitrogen and oxygen atoms in total. The number of aromatic nitrogens is 3. The van der Waals surface area contributed by atoms with E-state index in [1.807, 2.05) is 48.6 Å². The molecule has 0 spiro atoms. The van der Waals surface area contributed by atoms with E-state index in [0.717, 1.165) is 33.4 Å². The van der Waals surface area contributed by atoms with Gasteiger partial charge in [0.1, 0.15) is 19.0 Å². The maximum Gasteiger partial charge on any atom is 0.234 e. The van der Waals surface area contributed by atoms with Crippen LogP contribution in [0.15, 0.2) is 41.6 Å². The van der Waals surface area contributed by atoms with Gasteiger partial charge >= 0.3 is 0 Å². The molecule has 2 aromatic carbocycles. The van der Waals surface area contributed by atoms with Gasteiger partial charge in [0, 0.05) is 11.5 Å². The molecule has 0 bridgehead atoms. The Labute approximate surface area is 188 Å². The van der Waals surface area contributed by atoms with Gasteiger partial charge in [0.05, 0.1) is 24.1 Å². The first-order valence-electron chi connectivity index (χ1n) is 10.2. The van der Waals surface area contributed by atoms with E-state index in [-0.39, 0.29) is 11.7 Å². The van der Waals surface area contributed by atoms with Gasteiger partial charge in [0.25, 0.3) is 0 Å². The van der Waals surface area contributed by atoms with Crippen LogP contribution in [0.5, 0.6) is 17.2 Å². The number of benzene rings is 2. The summed E-state index contributed by atoms with van der Waals surface area (Å²) in [7, 11) is 1.58. The number of thioether (sulfide) groups is 1. The summed E-state index contributed by atoms with van der Waals surface area (Å²) in [6.07, 6.45) is 0. The molecule has 0 saturated heterocycles. The van der Waals surface area contributed by atoms with Crippen LogP contribution >= 0.6 is 11.8 Å². The highest BCUT2D eigenvalue weighted by Crippen LogP contribution is 2.36. The molecule has 0 atom stereocenters. The first-order valence-corrected chi connectivity index (χ1v) is 11.2. The summed E-state index contributed by atoms with van der Waals surface area (Å²) in [6.45, 7) is 5.01. The molecule has 0 radical (unpaired) electrons. The molecule has 0 unspecified atom stereocenters. The Kier molecular flexibility index (Phi) is 5.26. The number of aryl methyl sites for hydroxylation is 2. The van der Waals surface area contributed by atoms with Crippen molar-refractivity contribution in [2.24, 2.45) is 0 Å². The van der Waals surface area contributed by atoms with E-state index in [0.29, 0.717) is 35.6 Å². The number of ether oxygens (including phenoxy) is 3. The number of pyridine rings is 1. The maximum atomic E-state index is 12.7. The minimum atomic E-state index is -0.151. The number of fused-ring (bicyclic) bond motifs is 4. The molecular formula is C23H22N4O4S. The fourth-order valence-electron chi connectivity index (χ4n) is 3.77. The van der Waals surface area contributed by atoms with Crippen LogP contribution in [0, 0.1) is 13.8 Å². The molecule has 0 fully saturated rings. The number of nitrogens with one attached hydrogen (secondary N) is 1. The lowest BCUT2D eigenvalue weighted by molar-refractivity contribution is -0.113. The standard InChI is InChI=1S/C23H22N4O4S/c1-13-4-5-18(29-3)16(8-13)24-21(28)12-32-23-26-25-22-14(2)9-15-10-19-20(31-7-6-30-19)11-17(15)27(22)23/h4-5,8-11H,6-7,12H2,1-3H3,(H,24,28). The van der Waals surface area contributed by atoms with Crippen molar-refractivity contribution in [1.29, 1.82) is 0 Å². The molecular weight excluding hydrogens is 428 g/mol. The van der Waals surface area contributed by atoms with Crippen LogP contribution < -0.4 is 19.5 Å². The first-order chi connectivity index (χ1) is 15.5.